The van der Waals surface area contributed by atoms with E-state index in [4.69, 9.17) is 0 Å². The first-order valence-electron chi connectivity index (χ1n) is 7.33. The Morgan fingerprint density at radius 1 is 1.04 bits per heavy atom. The van der Waals surface area contributed by atoms with Crippen molar-refractivity contribution in [3.63, 3.8) is 0 Å². The molecular formula is C19H20N2O2. The quantitative estimate of drug-likeness (QED) is 0.881. The number of anilines is 1. The predicted octanol–water partition coefficient (Wildman–Crippen LogP) is 3.35. The van der Waals surface area contributed by atoms with Crippen LogP contribution in [0.4, 0.5) is 5.69 Å². The van der Waals surface area contributed by atoms with Crippen LogP contribution in [0, 0.1) is 6.92 Å². The number of carbonyl (C=O) groups is 2. The molecule has 4 nitrogen and oxygen atoms in total. The van der Waals surface area contributed by atoms with Gasteiger partial charge in [0.1, 0.15) is 0 Å². The third-order valence-corrected chi connectivity index (χ3v) is 3.29. The van der Waals surface area contributed by atoms with E-state index in [1.54, 1.807) is 44.4 Å². The summed E-state index contributed by atoms with van der Waals surface area (Å²) in [6.45, 7) is 2.02. The fourth-order valence-corrected chi connectivity index (χ4v) is 2.02. The van der Waals surface area contributed by atoms with E-state index in [0.29, 0.717) is 11.3 Å². The molecule has 2 rings (SSSR count). The first-order valence-corrected chi connectivity index (χ1v) is 7.33. The number of carbonyl (C=O) groups excluding carboxylic acids is 2. The van der Waals surface area contributed by atoms with Crippen LogP contribution < -0.4 is 5.32 Å². The Morgan fingerprint density at radius 2 is 1.74 bits per heavy atom. The van der Waals surface area contributed by atoms with Gasteiger partial charge in [0.15, 0.2) is 0 Å². The molecule has 1 N–H and O–H groups in total. The molecule has 0 saturated heterocycles. The highest BCUT2D eigenvalue weighted by Gasteiger charge is 2.08. The highest BCUT2D eigenvalue weighted by atomic mass is 16.2. The molecule has 0 spiro atoms. The number of benzene rings is 2. The molecule has 4 heteroatoms. The van der Waals surface area contributed by atoms with E-state index in [2.05, 4.69) is 5.32 Å². The Balaban J connectivity index is 2.04. The molecule has 0 bridgehead atoms. The van der Waals surface area contributed by atoms with Crippen LogP contribution in [0.3, 0.4) is 0 Å². The summed E-state index contributed by atoms with van der Waals surface area (Å²) in [5, 5.41) is 2.76. The zero-order valence-electron chi connectivity index (χ0n) is 13.5. The Morgan fingerprint density at radius 3 is 2.39 bits per heavy atom. The molecule has 0 fully saturated rings. The molecule has 2 amide bonds. The first kappa shape index (κ1) is 16.5. The van der Waals surface area contributed by atoms with Crippen LogP contribution in [-0.4, -0.2) is 30.8 Å². The highest BCUT2D eigenvalue weighted by Crippen LogP contribution is 2.12. The van der Waals surface area contributed by atoms with Crippen LogP contribution in [0.5, 0.6) is 0 Å². The van der Waals surface area contributed by atoms with Crippen LogP contribution in [0.15, 0.2) is 54.6 Å². The van der Waals surface area contributed by atoms with Crippen molar-refractivity contribution < 1.29 is 9.59 Å². The summed E-state index contributed by atoms with van der Waals surface area (Å²) in [4.78, 5) is 25.4. The van der Waals surface area contributed by atoms with Crippen LogP contribution in [0.2, 0.25) is 0 Å². The van der Waals surface area contributed by atoms with Crippen LogP contribution in [-0.2, 0) is 4.79 Å². The fourth-order valence-electron chi connectivity index (χ4n) is 2.02. The number of hydrogen-bond donors (Lipinski definition) is 1. The van der Waals surface area contributed by atoms with Crippen molar-refractivity contribution in [3.8, 4) is 0 Å². The van der Waals surface area contributed by atoms with Gasteiger partial charge in [-0.2, -0.15) is 0 Å². The van der Waals surface area contributed by atoms with Crippen LogP contribution >= 0.6 is 0 Å². The summed E-state index contributed by atoms with van der Waals surface area (Å²) in [6.07, 6.45) is 3.23. The second kappa shape index (κ2) is 7.40. The molecular weight excluding hydrogens is 288 g/mol. The smallest absolute Gasteiger partial charge is 0.253 e. The maximum atomic E-state index is 12.0. The third kappa shape index (κ3) is 4.81. The monoisotopic (exact) mass is 308 g/mol. The van der Waals surface area contributed by atoms with E-state index >= 15 is 0 Å². The van der Waals surface area contributed by atoms with Crippen molar-refractivity contribution in [2.75, 3.05) is 19.4 Å². The number of hydrogen-bond acceptors (Lipinski definition) is 2. The summed E-state index contributed by atoms with van der Waals surface area (Å²) in [6, 6.07) is 14.8. The van der Waals surface area contributed by atoms with E-state index < -0.39 is 0 Å². The standard InChI is InChI=1S/C19H20N2O2/c1-14-7-9-15(10-8-14)11-12-18(22)20-17-6-4-5-16(13-17)19(23)21(2)3/h4-13H,1-3H3,(H,20,22)/b12-11+. The summed E-state index contributed by atoms with van der Waals surface area (Å²) in [5.74, 6) is -0.337. The fraction of sp³-hybridized carbons (Fsp3) is 0.158. The van der Waals surface area contributed by atoms with Gasteiger partial charge in [-0.1, -0.05) is 35.9 Å². The summed E-state index contributed by atoms with van der Waals surface area (Å²) >= 11 is 0. The van der Waals surface area contributed by atoms with Crippen LogP contribution in [0.1, 0.15) is 21.5 Å². The molecule has 0 atom stereocenters. The Bertz CT molecular complexity index is 731. The van der Waals surface area contributed by atoms with Gasteiger partial charge in [0, 0.05) is 31.4 Å². The van der Waals surface area contributed by atoms with E-state index in [0.717, 1.165) is 5.56 Å². The lowest BCUT2D eigenvalue weighted by molar-refractivity contribution is -0.111. The normalized spacial score (nSPS) is 10.6. The molecule has 0 radical (unpaired) electrons. The number of nitrogens with zero attached hydrogens (tertiary/aromatic N) is 1. The second-order valence-electron chi connectivity index (χ2n) is 5.51. The molecule has 118 valence electrons. The zero-order valence-corrected chi connectivity index (χ0v) is 13.5. The van der Waals surface area contributed by atoms with Gasteiger partial charge in [-0.25, -0.2) is 0 Å². The number of amides is 2. The minimum Gasteiger partial charge on any atom is -0.345 e. The summed E-state index contributed by atoms with van der Waals surface area (Å²) in [7, 11) is 3.38. The molecule has 0 aliphatic heterocycles. The molecule has 2 aromatic carbocycles. The lowest BCUT2D eigenvalue weighted by Gasteiger charge is -2.11. The second-order valence-corrected chi connectivity index (χ2v) is 5.51. The number of aryl methyl sites for hydroxylation is 1. The van der Waals surface area contributed by atoms with Gasteiger partial charge >= 0.3 is 0 Å². The van der Waals surface area contributed by atoms with E-state index in [9.17, 15) is 9.59 Å². The van der Waals surface area contributed by atoms with Crippen LogP contribution in [0.25, 0.3) is 6.08 Å². The van der Waals surface area contributed by atoms with Gasteiger partial charge in [-0.15, -0.1) is 0 Å². The number of nitrogens with one attached hydrogen (secondary N) is 1. The molecule has 0 aliphatic rings. The van der Waals surface area contributed by atoms with Gasteiger partial charge in [0.05, 0.1) is 0 Å². The largest absolute Gasteiger partial charge is 0.345 e. The first-order chi connectivity index (χ1) is 11.0. The molecule has 0 aromatic heterocycles. The Kier molecular flexibility index (Phi) is 5.31. The van der Waals surface area contributed by atoms with Crippen molar-refractivity contribution in [2.24, 2.45) is 0 Å². The van der Waals surface area contributed by atoms with E-state index in [1.807, 2.05) is 31.2 Å². The Labute approximate surface area is 136 Å². The average Bonchev–Trinajstić information content (AvgIpc) is 2.53. The van der Waals surface area contributed by atoms with E-state index in [-0.39, 0.29) is 11.8 Å². The minimum atomic E-state index is -0.236. The van der Waals surface area contributed by atoms with Gasteiger partial charge in [-0.3, -0.25) is 9.59 Å². The predicted molar refractivity (Wildman–Crippen MR) is 93.3 cm³/mol. The molecule has 0 aliphatic carbocycles. The summed E-state index contributed by atoms with van der Waals surface area (Å²) < 4.78 is 0. The highest BCUT2D eigenvalue weighted by molar-refractivity contribution is 6.03. The average molecular weight is 308 g/mol. The molecule has 0 heterocycles. The van der Waals surface area contributed by atoms with Gasteiger partial charge in [0.2, 0.25) is 5.91 Å². The van der Waals surface area contributed by atoms with Gasteiger partial charge < -0.3 is 10.2 Å². The molecule has 23 heavy (non-hydrogen) atoms. The van der Waals surface area contributed by atoms with Crippen molar-refractivity contribution in [1.82, 2.24) is 4.90 Å². The third-order valence-electron chi connectivity index (χ3n) is 3.29. The maximum absolute atomic E-state index is 12.0. The molecule has 2 aromatic rings. The van der Waals surface area contributed by atoms with Crippen molar-refractivity contribution in [2.45, 2.75) is 6.92 Å². The van der Waals surface area contributed by atoms with Crippen molar-refractivity contribution in [3.05, 3.63) is 71.3 Å². The Hall–Kier alpha value is -2.88. The van der Waals surface area contributed by atoms with Crippen molar-refractivity contribution in [1.29, 1.82) is 0 Å². The molecule has 0 saturated carbocycles. The summed E-state index contributed by atoms with van der Waals surface area (Å²) in [5.41, 5.74) is 3.27. The lowest BCUT2D eigenvalue weighted by atomic mass is 10.1. The molecule has 0 unspecified atom stereocenters. The van der Waals surface area contributed by atoms with E-state index in [1.165, 1.54) is 16.5 Å². The minimum absolute atomic E-state index is 0.101. The number of rotatable bonds is 4. The maximum Gasteiger partial charge on any atom is 0.253 e. The zero-order chi connectivity index (χ0) is 16.8. The SMILES string of the molecule is Cc1ccc(/C=C/C(=O)Nc2cccc(C(=O)N(C)C)c2)cc1. The lowest BCUT2D eigenvalue weighted by Crippen LogP contribution is -2.21. The topological polar surface area (TPSA) is 49.4 Å². The van der Waals surface area contributed by atoms with Gasteiger partial charge in [0.25, 0.3) is 5.91 Å². The van der Waals surface area contributed by atoms with Crippen molar-refractivity contribution >= 4 is 23.6 Å². The van der Waals surface area contributed by atoms with Gasteiger partial charge in [-0.05, 0) is 36.8 Å².